The number of hydrogen-bond acceptors (Lipinski definition) is 2. The van der Waals surface area contributed by atoms with Crippen molar-refractivity contribution in [2.75, 3.05) is 4.31 Å². The summed E-state index contributed by atoms with van der Waals surface area (Å²) in [5.74, 6) is 0. The summed E-state index contributed by atoms with van der Waals surface area (Å²) in [4.78, 5) is 0. The van der Waals surface area contributed by atoms with Crippen LogP contribution in [0.15, 0.2) is 60.7 Å². The van der Waals surface area contributed by atoms with Gasteiger partial charge in [0.1, 0.15) is 0 Å². The highest BCUT2D eigenvalue weighted by Crippen LogP contribution is 2.25. The van der Waals surface area contributed by atoms with Gasteiger partial charge in [-0.3, -0.25) is 4.31 Å². The fraction of sp³-hybridized carbons (Fsp3) is 0. The lowest BCUT2D eigenvalue weighted by Crippen LogP contribution is -2.00. The van der Waals surface area contributed by atoms with E-state index in [1.165, 1.54) is 0 Å². The van der Waals surface area contributed by atoms with Gasteiger partial charge in [0.05, 0.1) is 11.4 Å². The molecule has 2 rings (SSSR count). The summed E-state index contributed by atoms with van der Waals surface area (Å²) in [6.45, 7) is 0. The van der Waals surface area contributed by atoms with Crippen LogP contribution in [-0.2, 0) is 0 Å². The van der Waals surface area contributed by atoms with Gasteiger partial charge >= 0.3 is 0 Å². The first-order valence-corrected chi connectivity index (χ1v) is 4.87. The highest BCUT2D eigenvalue weighted by molar-refractivity contribution is 7.82. The maximum atomic E-state index is 4.44. The Morgan fingerprint density at radius 3 is 1.36 bits per heavy atom. The number of para-hydroxylation sites is 2. The fourth-order valence-corrected chi connectivity index (χ4v) is 1.55. The molecule has 2 aromatic carbocycles. The Hall–Kier alpha value is -1.41. The number of rotatable bonds is 2. The summed E-state index contributed by atoms with van der Waals surface area (Å²) in [5.41, 5.74) is 2.14. The topological polar surface area (TPSA) is 3.24 Å². The normalized spacial score (nSPS) is 9.79. The van der Waals surface area contributed by atoms with Gasteiger partial charge < -0.3 is 0 Å². The minimum Gasteiger partial charge on any atom is -0.287 e. The molecule has 0 saturated heterocycles. The summed E-state index contributed by atoms with van der Waals surface area (Å²) in [5, 5.41) is 0. The Labute approximate surface area is 89.5 Å². The van der Waals surface area contributed by atoms with E-state index in [0.29, 0.717) is 0 Å². The van der Waals surface area contributed by atoms with E-state index in [-0.39, 0.29) is 0 Å². The predicted molar refractivity (Wildman–Crippen MR) is 64.0 cm³/mol. The van der Waals surface area contributed by atoms with Gasteiger partial charge in [0, 0.05) is 0 Å². The Morgan fingerprint density at radius 1 is 0.643 bits per heavy atom. The van der Waals surface area contributed by atoms with Gasteiger partial charge in [-0.2, -0.15) is 0 Å². The zero-order valence-corrected chi connectivity index (χ0v) is 8.56. The highest BCUT2D eigenvalue weighted by atomic mass is 32.1. The van der Waals surface area contributed by atoms with E-state index in [2.05, 4.69) is 12.8 Å². The van der Waals surface area contributed by atoms with Crippen molar-refractivity contribution in [1.29, 1.82) is 0 Å². The third kappa shape index (κ3) is 1.91. The van der Waals surface area contributed by atoms with Crippen LogP contribution in [0, 0.1) is 0 Å². The van der Waals surface area contributed by atoms with Crippen molar-refractivity contribution in [3.63, 3.8) is 0 Å². The summed E-state index contributed by atoms with van der Waals surface area (Å²) < 4.78 is 1.86. The molecule has 0 radical (unpaired) electrons. The zero-order chi connectivity index (χ0) is 9.80. The molecule has 0 N–H and O–H groups in total. The van der Waals surface area contributed by atoms with Crippen molar-refractivity contribution in [1.82, 2.24) is 0 Å². The molecule has 70 valence electrons. The van der Waals surface area contributed by atoms with Gasteiger partial charge in [-0.25, -0.2) is 0 Å². The molecule has 0 amide bonds. The molecule has 0 aliphatic heterocycles. The lowest BCUT2D eigenvalue weighted by molar-refractivity contribution is 1.44. The quantitative estimate of drug-likeness (QED) is 0.725. The van der Waals surface area contributed by atoms with Crippen LogP contribution in [-0.4, -0.2) is 0 Å². The first-order valence-electron chi connectivity index (χ1n) is 4.47. The molecule has 0 fully saturated rings. The van der Waals surface area contributed by atoms with Gasteiger partial charge in [-0.1, -0.05) is 49.2 Å². The van der Waals surface area contributed by atoms with Crippen molar-refractivity contribution in [3.8, 4) is 0 Å². The highest BCUT2D eigenvalue weighted by Gasteiger charge is 2.01. The van der Waals surface area contributed by atoms with Crippen LogP contribution in [0.1, 0.15) is 0 Å². The molecule has 2 aromatic rings. The van der Waals surface area contributed by atoms with Crippen molar-refractivity contribution in [2.45, 2.75) is 0 Å². The second-order valence-corrected chi connectivity index (χ2v) is 3.38. The van der Waals surface area contributed by atoms with Gasteiger partial charge in [-0.05, 0) is 24.3 Å². The second kappa shape index (κ2) is 4.20. The predicted octanol–water partition coefficient (Wildman–Crippen LogP) is 3.67. The van der Waals surface area contributed by atoms with Crippen LogP contribution in [0.3, 0.4) is 0 Å². The molecule has 0 aliphatic rings. The van der Waals surface area contributed by atoms with Crippen LogP contribution < -0.4 is 4.31 Å². The lowest BCUT2D eigenvalue weighted by atomic mass is 10.3. The van der Waals surface area contributed by atoms with Crippen molar-refractivity contribution in [3.05, 3.63) is 60.7 Å². The maximum Gasteiger partial charge on any atom is 0.0522 e. The average Bonchev–Trinajstić information content (AvgIpc) is 2.30. The molecule has 0 bridgehead atoms. The van der Waals surface area contributed by atoms with E-state index in [4.69, 9.17) is 0 Å². The summed E-state index contributed by atoms with van der Waals surface area (Å²) in [6, 6.07) is 20.1. The minimum absolute atomic E-state index is 1.07. The van der Waals surface area contributed by atoms with Crippen LogP contribution in [0.25, 0.3) is 0 Å². The first-order chi connectivity index (χ1) is 6.88. The Morgan fingerprint density at radius 2 is 1.00 bits per heavy atom. The third-order valence-electron chi connectivity index (χ3n) is 2.00. The van der Waals surface area contributed by atoms with Crippen LogP contribution in [0.5, 0.6) is 0 Å². The van der Waals surface area contributed by atoms with E-state index in [1.807, 2.05) is 65.0 Å². The molecule has 0 atom stereocenters. The first kappa shape index (κ1) is 9.16. The Kier molecular flexibility index (Phi) is 2.75. The third-order valence-corrected chi connectivity index (χ3v) is 2.46. The van der Waals surface area contributed by atoms with E-state index in [0.717, 1.165) is 11.4 Å². The number of thiol groups is 1. The largest absolute Gasteiger partial charge is 0.287 e. The van der Waals surface area contributed by atoms with Gasteiger partial charge in [0.15, 0.2) is 0 Å². The molecule has 0 aliphatic carbocycles. The number of nitrogens with zero attached hydrogens (tertiary/aromatic N) is 1. The summed E-state index contributed by atoms with van der Waals surface area (Å²) >= 11 is 4.44. The SMILES string of the molecule is SN(c1ccccc1)c1ccccc1. The Bertz CT molecular complexity index is 346. The maximum absolute atomic E-state index is 4.44. The molecular formula is C12H11NS. The van der Waals surface area contributed by atoms with Gasteiger partial charge in [0.2, 0.25) is 0 Å². The molecular weight excluding hydrogens is 190 g/mol. The van der Waals surface area contributed by atoms with Crippen LogP contribution in [0.4, 0.5) is 11.4 Å². The summed E-state index contributed by atoms with van der Waals surface area (Å²) in [6.07, 6.45) is 0. The molecule has 0 aromatic heterocycles. The smallest absolute Gasteiger partial charge is 0.0522 e. The number of hydrogen-bond donors (Lipinski definition) is 1. The molecule has 0 spiro atoms. The molecule has 14 heavy (non-hydrogen) atoms. The van der Waals surface area contributed by atoms with E-state index < -0.39 is 0 Å². The second-order valence-electron chi connectivity index (χ2n) is 2.98. The standard InChI is InChI=1S/C12H11NS/c14-13(11-7-3-1-4-8-11)12-9-5-2-6-10-12/h1-10,14H. The minimum atomic E-state index is 1.07. The fourth-order valence-electron chi connectivity index (χ4n) is 1.29. The van der Waals surface area contributed by atoms with E-state index >= 15 is 0 Å². The van der Waals surface area contributed by atoms with Crippen molar-refractivity contribution >= 4 is 24.2 Å². The van der Waals surface area contributed by atoms with E-state index in [9.17, 15) is 0 Å². The molecule has 0 unspecified atom stereocenters. The van der Waals surface area contributed by atoms with Crippen LogP contribution in [0.2, 0.25) is 0 Å². The molecule has 0 saturated carbocycles. The summed E-state index contributed by atoms with van der Waals surface area (Å²) in [7, 11) is 0. The Balaban J connectivity index is 2.30. The zero-order valence-electron chi connectivity index (χ0n) is 7.67. The average molecular weight is 201 g/mol. The van der Waals surface area contributed by atoms with Crippen molar-refractivity contribution < 1.29 is 0 Å². The number of anilines is 2. The molecule has 1 nitrogen and oxygen atoms in total. The number of benzene rings is 2. The van der Waals surface area contributed by atoms with E-state index in [1.54, 1.807) is 0 Å². The monoisotopic (exact) mass is 201 g/mol. The van der Waals surface area contributed by atoms with Crippen LogP contribution >= 0.6 is 12.8 Å². The molecule has 2 heteroatoms. The van der Waals surface area contributed by atoms with Crippen molar-refractivity contribution in [2.24, 2.45) is 0 Å². The van der Waals surface area contributed by atoms with Gasteiger partial charge in [-0.15, -0.1) is 0 Å². The van der Waals surface area contributed by atoms with Gasteiger partial charge in [0.25, 0.3) is 0 Å². The lowest BCUT2D eigenvalue weighted by Gasteiger charge is -2.17. The molecule has 0 heterocycles.